The minimum absolute atomic E-state index is 0.242. The molecule has 3 nitrogen and oxygen atoms in total. The monoisotopic (exact) mass is 273 g/mol. The molecule has 0 saturated carbocycles. The summed E-state index contributed by atoms with van der Waals surface area (Å²) in [6.07, 6.45) is 5.99. The van der Waals surface area contributed by atoms with Crippen molar-refractivity contribution in [2.75, 3.05) is 23.9 Å². The van der Waals surface area contributed by atoms with Gasteiger partial charge in [0, 0.05) is 11.3 Å². The van der Waals surface area contributed by atoms with E-state index in [2.05, 4.69) is 30.4 Å². The fourth-order valence-electron chi connectivity index (χ4n) is 1.69. The standard InChI is InChI=1S/C12H20ClN3S/c1-4-12(5-2,17-3)8-16-11-10(13)6-9(14)7-15-11/h6-7H,4-5,8,14H2,1-3H3,(H,15,16). The predicted molar refractivity (Wildman–Crippen MR) is 79.0 cm³/mol. The van der Waals surface area contributed by atoms with Crippen LogP contribution in [0.4, 0.5) is 11.5 Å². The SMILES string of the molecule is CCC(CC)(CNc1ncc(N)cc1Cl)SC. The first-order valence-corrected chi connectivity index (χ1v) is 7.37. The first kappa shape index (κ1) is 14.5. The number of anilines is 2. The first-order valence-electron chi connectivity index (χ1n) is 5.77. The summed E-state index contributed by atoms with van der Waals surface area (Å²) < 4.78 is 0.242. The molecular weight excluding hydrogens is 254 g/mol. The van der Waals surface area contributed by atoms with Crippen LogP contribution in [0.2, 0.25) is 5.02 Å². The largest absolute Gasteiger partial charge is 0.397 e. The quantitative estimate of drug-likeness (QED) is 0.831. The van der Waals surface area contributed by atoms with E-state index in [-0.39, 0.29) is 4.75 Å². The smallest absolute Gasteiger partial charge is 0.144 e. The lowest BCUT2D eigenvalue weighted by Gasteiger charge is -2.30. The number of nitrogens with zero attached hydrogens (tertiary/aromatic N) is 1. The van der Waals surface area contributed by atoms with Gasteiger partial charge in [0.1, 0.15) is 5.82 Å². The van der Waals surface area contributed by atoms with Gasteiger partial charge in [0.25, 0.3) is 0 Å². The molecule has 0 unspecified atom stereocenters. The summed E-state index contributed by atoms with van der Waals surface area (Å²) in [4.78, 5) is 4.21. The minimum atomic E-state index is 0.242. The van der Waals surface area contributed by atoms with Gasteiger partial charge in [-0.25, -0.2) is 4.98 Å². The van der Waals surface area contributed by atoms with Crippen molar-refractivity contribution in [2.45, 2.75) is 31.4 Å². The van der Waals surface area contributed by atoms with Crippen molar-refractivity contribution >= 4 is 34.9 Å². The molecule has 1 rings (SSSR count). The van der Waals surface area contributed by atoms with Crippen LogP contribution in [-0.4, -0.2) is 22.5 Å². The highest BCUT2D eigenvalue weighted by atomic mass is 35.5. The van der Waals surface area contributed by atoms with Crippen LogP contribution in [0, 0.1) is 0 Å². The number of halogens is 1. The van der Waals surface area contributed by atoms with E-state index in [1.54, 1.807) is 12.3 Å². The maximum Gasteiger partial charge on any atom is 0.144 e. The second-order valence-corrected chi connectivity index (χ2v) is 5.73. The highest BCUT2D eigenvalue weighted by Crippen LogP contribution is 2.31. The van der Waals surface area contributed by atoms with E-state index in [1.807, 2.05) is 11.8 Å². The number of nitrogen functional groups attached to an aromatic ring is 1. The Labute approximate surface area is 113 Å². The summed E-state index contributed by atoms with van der Waals surface area (Å²) in [5, 5.41) is 3.89. The Balaban J connectivity index is 2.72. The lowest BCUT2D eigenvalue weighted by atomic mass is 10.0. The Kier molecular flexibility index (Phi) is 5.40. The zero-order valence-corrected chi connectivity index (χ0v) is 12.2. The molecule has 1 heterocycles. The Morgan fingerprint density at radius 1 is 1.47 bits per heavy atom. The van der Waals surface area contributed by atoms with Crippen LogP contribution in [0.15, 0.2) is 12.3 Å². The highest BCUT2D eigenvalue weighted by molar-refractivity contribution is 8.00. The van der Waals surface area contributed by atoms with Gasteiger partial charge in [-0.3, -0.25) is 0 Å². The maximum absolute atomic E-state index is 6.08. The van der Waals surface area contributed by atoms with Gasteiger partial charge in [-0.15, -0.1) is 0 Å². The zero-order valence-electron chi connectivity index (χ0n) is 10.6. The Morgan fingerprint density at radius 3 is 2.59 bits per heavy atom. The van der Waals surface area contributed by atoms with Gasteiger partial charge in [-0.05, 0) is 25.2 Å². The topological polar surface area (TPSA) is 50.9 Å². The van der Waals surface area contributed by atoms with Crippen molar-refractivity contribution in [1.82, 2.24) is 4.98 Å². The molecule has 0 spiro atoms. The molecule has 96 valence electrons. The van der Waals surface area contributed by atoms with E-state index in [0.29, 0.717) is 16.5 Å². The van der Waals surface area contributed by atoms with E-state index in [9.17, 15) is 0 Å². The molecule has 3 N–H and O–H groups in total. The second-order valence-electron chi connectivity index (χ2n) is 4.05. The van der Waals surface area contributed by atoms with Gasteiger partial charge >= 0.3 is 0 Å². The Hall–Kier alpha value is -0.610. The number of aromatic nitrogens is 1. The summed E-state index contributed by atoms with van der Waals surface area (Å²) >= 11 is 7.96. The Bertz CT molecular complexity index is 359. The van der Waals surface area contributed by atoms with Crippen molar-refractivity contribution in [3.8, 4) is 0 Å². The third kappa shape index (κ3) is 3.68. The molecule has 0 radical (unpaired) electrons. The average Bonchev–Trinajstić information content (AvgIpc) is 2.33. The van der Waals surface area contributed by atoms with Crippen LogP contribution in [0.25, 0.3) is 0 Å². The third-order valence-corrected chi connectivity index (χ3v) is 5.04. The fourth-order valence-corrected chi connectivity index (χ4v) is 2.72. The van der Waals surface area contributed by atoms with E-state index in [1.165, 1.54) is 0 Å². The first-order chi connectivity index (χ1) is 8.06. The summed E-state index contributed by atoms with van der Waals surface area (Å²) in [6, 6.07) is 1.72. The van der Waals surface area contributed by atoms with Crippen LogP contribution in [0.5, 0.6) is 0 Å². The molecular formula is C12H20ClN3S. The van der Waals surface area contributed by atoms with Crippen LogP contribution in [0.3, 0.4) is 0 Å². The second kappa shape index (κ2) is 6.36. The van der Waals surface area contributed by atoms with Crippen LogP contribution in [-0.2, 0) is 0 Å². The van der Waals surface area contributed by atoms with Crippen molar-refractivity contribution in [3.05, 3.63) is 17.3 Å². The van der Waals surface area contributed by atoms with E-state index in [0.717, 1.165) is 19.4 Å². The van der Waals surface area contributed by atoms with Gasteiger partial charge in [0.05, 0.1) is 16.9 Å². The molecule has 0 aromatic carbocycles. The molecule has 0 fully saturated rings. The van der Waals surface area contributed by atoms with Crippen molar-refractivity contribution in [1.29, 1.82) is 0 Å². The molecule has 0 saturated heterocycles. The van der Waals surface area contributed by atoms with Crippen molar-refractivity contribution in [3.63, 3.8) is 0 Å². The normalized spacial score (nSPS) is 11.5. The number of hydrogen-bond donors (Lipinski definition) is 2. The van der Waals surface area contributed by atoms with E-state index in [4.69, 9.17) is 17.3 Å². The maximum atomic E-state index is 6.08. The van der Waals surface area contributed by atoms with Gasteiger partial charge in [-0.1, -0.05) is 25.4 Å². The van der Waals surface area contributed by atoms with Crippen LogP contribution in [0.1, 0.15) is 26.7 Å². The molecule has 0 aliphatic rings. The number of rotatable bonds is 6. The number of nitrogens with one attached hydrogen (secondary N) is 1. The molecule has 0 atom stereocenters. The zero-order chi connectivity index (χ0) is 12.9. The predicted octanol–water partition coefficient (Wildman–Crippen LogP) is 3.65. The van der Waals surface area contributed by atoms with Crippen molar-refractivity contribution < 1.29 is 0 Å². The molecule has 1 aromatic rings. The third-order valence-electron chi connectivity index (χ3n) is 3.16. The lowest BCUT2D eigenvalue weighted by molar-refractivity contribution is 0.574. The number of nitrogens with two attached hydrogens (primary N) is 1. The number of thioether (sulfide) groups is 1. The summed E-state index contributed by atoms with van der Waals surface area (Å²) in [5.74, 6) is 0.709. The molecule has 5 heteroatoms. The highest BCUT2D eigenvalue weighted by Gasteiger charge is 2.24. The molecule has 0 bridgehead atoms. The molecule has 0 aliphatic heterocycles. The summed E-state index contributed by atoms with van der Waals surface area (Å²) in [6.45, 7) is 5.27. The Morgan fingerprint density at radius 2 is 2.12 bits per heavy atom. The van der Waals surface area contributed by atoms with Crippen LogP contribution < -0.4 is 11.1 Å². The summed E-state index contributed by atoms with van der Waals surface area (Å²) in [7, 11) is 0. The average molecular weight is 274 g/mol. The molecule has 0 amide bonds. The molecule has 1 aromatic heterocycles. The van der Waals surface area contributed by atoms with Gasteiger partial charge < -0.3 is 11.1 Å². The van der Waals surface area contributed by atoms with E-state index < -0.39 is 0 Å². The van der Waals surface area contributed by atoms with Gasteiger partial charge in [0.15, 0.2) is 0 Å². The summed E-state index contributed by atoms with van der Waals surface area (Å²) in [5.41, 5.74) is 6.19. The molecule has 17 heavy (non-hydrogen) atoms. The number of pyridine rings is 1. The lowest BCUT2D eigenvalue weighted by Crippen LogP contribution is -2.32. The minimum Gasteiger partial charge on any atom is -0.397 e. The fraction of sp³-hybridized carbons (Fsp3) is 0.583. The van der Waals surface area contributed by atoms with Gasteiger partial charge in [0.2, 0.25) is 0 Å². The number of hydrogen-bond acceptors (Lipinski definition) is 4. The van der Waals surface area contributed by atoms with E-state index >= 15 is 0 Å². The van der Waals surface area contributed by atoms with Crippen molar-refractivity contribution in [2.24, 2.45) is 0 Å². The molecule has 0 aliphatic carbocycles. The van der Waals surface area contributed by atoms with Crippen LogP contribution >= 0.6 is 23.4 Å². The van der Waals surface area contributed by atoms with Gasteiger partial charge in [-0.2, -0.15) is 11.8 Å².